The standard InChI is InChI=1S/C11H24N2OS2/c1-4-6-13(7-9-16-3)10-11(14)12-5-8-15-2/h4-10H2,1-3H3,(H,12,14). The monoisotopic (exact) mass is 264 g/mol. The molecule has 96 valence electrons. The Balaban J connectivity index is 3.73. The maximum absolute atomic E-state index is 11.6. The van der Waals surface area contributed by atoms with Crippen LogP contribution in [0.2, 0.25) is 0 Å². The second-order valence-electron chi connectivity index (χ2n) is 3.61. The molecule has 1 amide bonds. The van der Waals surface area contributed by atoms with E-state index in [0.29, 0.717) is 6.54 Å². The van der Waals surface area contributed by atoms with Crippen LogP contribution in [0.1, 0.15) is 13.3 Å². The molecule has 0 unspecified atom stereocenters. The molecule has 0 radical (unpaired) electrons. The molecule has 0 rings (SSSR count). The van der Waals surface area contributed by atoms with Crippen molar-refractivity contribution in [3.63, 3.8) is 0 Å². The van der Waals surface area contributed by atoms with E-state index in [1.807, 2.05) is 18.0 Å². The van der Waals surface area contributed by atoms with Crippen molar-refractivity contribution < 1.29 is 4.79 Å². The lowest BCUT2D eigenvalue weighted by atomic mass is 10.4. The summed E-state index contributed by atoms with van der Waals surface area (Å²) in [6.45, 7) is 5.49. The van der Waals surface area contributed by atoms with Gasteiger partial charge in [0.2, 0.25) is 5.91 Å². The molecular formula is C11H24N2OS2. The van der Waals surface area contributed by atoms with Crippen LogP contribution in [0, 0.1) is 0 Å². The first-order valence-electron chi connectivity index (χ1n) is 5.71. The molecule has 3 nitrogen and oxygen atoms in total. The number of hydrogen-bond acceptors (Lipinski definition) is 4. The van der Waals surface area contributed by atoms with Gasteiger partial charge in [-0.05, 0) is 25.5 Å². The van der Waals surface area contributed by atoms with Gasteiger partial charge in [0.05, 0.1) is 6.54 Å². The van der Waals surface area contributed by atoms with E-state index in [0.717, 1.165) is 37.6 Å². The molecule has 0 aromatic rings. The lowest BCUT2D eigenvalue weighted by molar-refractivity contribution is -0.122. The van der Waals surface area contributed by atoms with E-state index < -0.39 is 0 Å². The van der Waals surface area contributed by atoms with Gasteiger partial charge in [-0.25, -0.2) is 0 Å². The minimum absolute atomic E-state index is 0.156. The summed E-state index contributed by atoms with van der Waals surface area (Å²) < 4.78 is 0. The summed E-state index contributed by atoms with van der Waals surface area (Å²) in [6.07, 6.45) is 5.25. The fraction of sp³-hybridized carbons (Fsp3) is 0.909. The van der Waals surface area contributed by atoms with Gasteiger partial charge in [-0.2, -0.15) is 23.5 Å². The Morgan fingerprint density at radius 3 is 2.44 bits per heavy atom. The maximum atomic E-state index is 11.6. The Kier molecular flexibility index (Phi) is 11.7. The number of hydrogen-bond donors (Lipinski definition) is 1. The molecule has 0 spiro atoms. The second-order valence-corrected chi connectivity index (χ2v) is 5.58. The molecule has 0 atom stereocenters. The van der Waals surface area contributed by atoms with Crippen molar-refractivity contribution in [1.29, 1.82) is 0 Å². The van der Waals surface area contributed by atoms with E-state index in [9.17, 15) is 4.79 Å². The quantitative estimate of drug-likeness (QED) is 0.607. The fourth-order valence-electron chi connectivity index (χ4n) is 1.36. The summed E-state index contributed by atoms with van der Waals surface area (Å²) >= 11 is 3.58. The first-order chi connectivity index (χ1) is 7.74. The number of carbonyl (C=O) groups is 1. The Hall–Kier alpha value is 0.130. The lowest BCUT2D eigenvalue weighted by Crippen LogP contribution is -2.39. The number of nitrogens with zero attached hydrogens (tertiary/aromatic N) is 1. The fourth-order valence-corrected chi connectivity index (χ4v) is 2.10. The van der Waals surface area contributed by atoms with Crippen LogP contribution in [-0.2, 0) is 4.79 Å². The SMILES string of the molecule is CCCN(CCSC)CC(=O)NCCSC. The van der Waals surface area contributed by atoms with Crippen molar-refractivity contribution in [3.8, 4) is 0 Å². The molecule has 0 fully saturated rings. The number of rotatable bonds is 10. The maximum Gasteiger partial charge on any atom is 0.234 e. The average molecular weight is 264 g/mol. The third-order valence-electron chi connectivity index (χ3n) is 2.15. The minimum atomic E-state index is 0.156. The summed E-state index contributed by atoms with van der Waals surface area (Å²) in [6, 6.07) is 0. The summed E-state index contributed by atoms with van der Waals surface area (Å²) in [4.78, 5) is 13.8. The van der Waals surface area contributed by atoms with E-state index in [1.165, 1.54) is 0 Å². The van der Waals surface area contributed by atoms with Crippen LogP contribution in [0.5, 0.6) is 0 Å². The zero-order chi connectivity index (χ0) is 12.2. The van der Waals surface area contributed by atoms with Gasteiger partial charge in [-0.1, -0.05) is 6.92 Å². The van der Waals surface area contributed by atoms with Crippen molar-refractivity contribution in [3.05, 3.63) is 0 Å². The highest BCUT2D eigenvalue weighted by atomic mass is 32.2. The van der Waals surface area contributed by atoms with Crippen LogP contribution in [0.25, 0.3) is 0 Å². The average Bonchev–Trinajstić information content (AvgIpc) is 2.26. The third kappa shape index (κ3) is 9.36. The molecule has 1 N–H and O–H groups in total. The first-order valence-corrected chi connectivity index (χ1v) is 8.50. The topological polar surface area (TPSA) is 32.3 Å². The molecule has 16 heavy (non-hydrogen) atoms. The molecule has 0 aromatic heterocycles. The molecule has 5 heteroatoms. The molecule has 0 aromatic carbocycles. The van der Waals surface area contributed by atoms with Gasteiger partial charge in [-0.15, -0.1) is 0 Å². The molecule has 0 aliphatic heterocycles. The van der Waals surface area contributed by atoms with Crippen LogP contribution in [0.15, 0.2) is 0 Å². The highest BCUT2D eigenvalue weighted by molar-refractivity contribution is 7.98. The molecule has 0 saturated heterocycles. The van der Waals surface area contributed by atoms with E-state index >= 15 is 0 Å². The molecular weight excluding hydrogens is 240 g/mol. The van der Waals surface area contributed by atoms with Crippen molar-refractivity contribution in [1.82, 2.24) is 10.2 Å². The summed E-state index contributed by atoms with van der Waals surface area (Å²) in [7, 11) is 0. The van der Waals surface area contributed by atoms with Gasteiger partial charge in [0.25, 0.3) is 0 Å². The number of thioether (sulfide) groups is 2. The zero-order valence-electron chi connectivity index (χ0n) is 10.6. The Bertz CT molecular complexity index is 179. The van der Waals surface area contributed by atoms with Crippen molar-refractivity contribution in [2.45, 2.75) is 13.3 Å². The smallest absolute Gasteiger partial charge is 0.234 e. The van der Waals surface area contributed by atoms with Crippen LogP contribution in [0.3, 0.4) is 0 Å². The second kappa shape index (κ2) is 11.6. The number of nitrogens with one attached hydrogen (secondary N) is 1. The molecule has 0 saturated carbocycles. The van der Waals surface area contributed by atoms with Gasteiger partial charge >= 0.3 is 0 Å². The molecule has 0 heterocycles. The lowest BCUT2D eigenvalue weighted by Gasteiger charge is -2.20. The summed E-state index contributed by atoms with van der Waals surface area (Å²) in [5.74, 6) is 2.24. The Labute approximate surface area is 108 Å². The summed E-state index contributed by atoms with van der Waals surface area (Å²) in [5.41, 5.74) is 0. The summed E-state index contributed by atoms with van der Waals surface area (Å²) in [5, 5.41) is 2.94. The molecule has 0 aliphatic rings. The third-order valence-corrected chi connectivity index (χ3v) is 3.35. The van der Waals surface area contributed by atoms with Crippen molar-refractivity contribution >= 4 is 29.4 Å². The molecule has 0 aliphatic carbocycles. The van der Waals surface area contributed by atoms with Crippen LogP contribution in [-0.4, -0.2) is 61.0 Å². The van der Waals surface area contributed by atoms with Crippen molar-refractivity contribution in [2.75, 3.05) is 50.2 Å². The predicted octanol–water partition coefficient (Wildman–Crippen LogP) is 1.54. The van der Waals surface area contributed by atoms with Crippen LogP contribution in [0.4, 0.5) is 0 Å². The largest absolute Gasteiger partial charge is 0.354 e. The highest BCUT2D eigenvalue weighted by Gasteiger charge is 2.08. The predicted molar refractivity (Wildman–Crippen MR) is 76.5 cm³/mol. The first kappa shape index (κ1) is 16.1. The van der Waals surface area contributed by atoms with Gasteiger partial charge in [-0.3, -0.25) is 9.69 Å². The number of amides is 1. The van der Waals surface area contributed by atoms with E-state index in [4.69, 9.17) is 0 Å². The van der Waals surface area contributed by atoms with Crippen LogP contribution >= 0.6 is 23.5 Å². The zero-order valence-corrected chi connectivity index (χ0v) is 12.3. The minimum Gasteiger partial charge on any atom is -0.354 e. The van der Waals surface area contributed by atoms with Gasteiger partial charge in [0.1, 0.15) is 0 Å². The normalized spacial score (nSPS) is 10.8. The van der Waals surface area contributed by atoms with Gasteiger partial charge < -0.3 is 5.32 Å². The number of carbonyl (C=O) groups excluding carboxylic acids is 1. The van der Waals surface area contributed by atoms with Crippen LogP contribution < -0.4 is 5.32 Å². The Morgan fingerprint density at radius 2 is 1.88 bits per heavy atom. The Morgan fingerprint density at radius 1 is 1.19 bits per heavy atom. The van der Waals surface area contributed by atoms with Gasteiger partial charge in [0.15, 0.2) is 0 Å². The van der Waals surface area contributed by atoms with E-state index in [1.54, 1.807) is 11.8 Å². The van der Waals surface area contributed by atoms with E-state index in [2.05, 4.69) is 23.4 Å². The highest BCUT2D eigenvalue weighted by Crippen LogP contribution is 1.97. The van der Waals surface area contributed by atoms with Crippen molar-refractivity contribution in [2.24, 2.45) is 0 Å². The van der Waals surface area contributed by atoms with Gasteiger partial charge in [0, 0.05) is 24.6 Å². The van der Waals surface area contributed by atoms with E-state index in [-0.39, 0.29) is 5.91 Å². The molecule has 0 bridgehead atoms.